The van der Waals surface area contributed by atoms with Crippen molar-refractivity contribution in [3.8, 4) is 5.75 Å². The number of thiazole rings is 1. The summed E-state index contributed by atoms with van der Waals surface area (Å²) in [5.74, 6) is -0.152. The molecule has 0 amide bonds. The number of nitrogens with zero attached hydrogens (tertiary/aromatic N) is 1. The van der Waals surface area contributed by atoms with E-state index in [2.05, 4.69) is 0 Å². The number of esters is 2. The molecule has 0 fully saturated rings. The monoisotopic (exact) mass is 377 g/mol. The second-order valence-electron chi connectivity index (χ2n) is 5.78. The molecular weight excluding hydrogens is 362 g/mol. The zero-order valence-electron chi connectivity index (χ0n) is 13.4. The summed E-state index contributed by atoms with van der Waals surface area (Å²) in [5.41, 5.74) is 0.915. The van der Waals surface area contributed by atoms with E-state index in [9.17, 15) is 14.4 Å². The predicted molar refractivity (Wildman–Crippen MR) is 93.3 cm³/mol. The fraction of sp³-hybridized carbons (Fsp3) is 0.353. The fourth-order valence-corrected chi connectivity index (χ4v) is 5.92. The van der Waals surface area contributed by atoms with E-state index in [0.717, 1.165) is 26.8 Å². The predicted octanol–water partition coefficient (Wildman–Crippen LogP) is 2.25. The Morgan fingerprint density at radius 3 is 2.96 bits per heavy atom. The highest BCUT2D eigenvalue weighted by Crippen LogP contribution is 2.50. The molecule has 0 N–H and O–H groups in total. The Kier molecular flexibility index (Phi) is 4.16. The van der Waals surface area contributed by atoms with Gasteiger partial charge in [0.05, 0.1) is 17.6 Å². The molecule has 8 heteroatoms. The number of carbonyl (C=O) groups excluding carboxylic acids is 2. The molecule has 2 aliphatic rings. The maximum absolute atomic E-state index is 12.5. The summed E-state index contributed by atoms with van der Waals surface area (Å²) in [4.78, 5) is 37.3. The minimum Gasteiger partial charge on any atom is -0.465 e. The number of carbonyl (C=O) groups is 2. The van der Waals surface area contributed by atoms with Gasteiger partial charge in [-0.15, -0.1) is 11.8 Å². The molecule has 3 heterocycles. The maximum Gasteiger partial charge on any atom is 0.326 e. The highest BCUT2D eigenvalue weighted by molar-refractivity contribution is 7.99. The van der Waals surface area contributed by atoms with Crippen LogP contribution in [0, 0.1) is 5.92 Å². The van der Waals surface area contributed by atoms with Crippen LogP contribution in [0.3, 0.4) is 0 Å². The van der Waals surface area contributed by atoms with Crippen molar-refractivity contribution in [3.63, 3.8) is 0 Å². The van der Waals surface area contributed by atoms with Gasteiger partial charge in [0, 0.05) is 22.1 Å². The van der Waals surface area contributed by atoms with Crippen LogP contribution in [0.15, 0.2) is 34.1 Å². The Balaban J connectivity index is 1.80. The maximum atomic E-state index is 12.5. The first-order valence-corrected chi connectivity index (χ1v) is 9.73. The minimum atomic E-state index is -0.434. The van der Waals surface area contributed by atoms with Crippen LogP contribution in [0.2, 0.25) is 0 Å². The summed E-state index contributed by atoms with van der Waals surface area (Å²) >= 11 is 2.52. The van der Waals surface area contributed by atoms with Crippen molar-refractivity contribution in [1.82, 2.24) is 4.57 Å². The van der Waals surface area contributed by atoms with Crippen molar-refractivity contribution in [3.05, 3.63) is 44.4 Å². The van der Waals surface area contributed by atoms with Crippen LogP contribution >= 0.6 is 23.1 Å². The van der Waals surface area contributed by atoms with Crippen molar-refractivity contribution in [2.45, 2.75) is 24.4 Å². The van der Waals surface area contributed by atoms with Gasteiger partial charge in [0.1, 0.15) is 12.3 Å². The Morgan fingerprint density at radius 2 is 2.16 bits per heavy atom. The molecule has 2 aliphatic heterocycles. The van der Waals surface area contributed by atoms with Gasteiger partial charge in [-0.3, -0.25) is 19.0 Å². The highest BCUT2D eigenvalue weighted by Gasteiger charge is 2.44. The molecule has 25 heavy (non-hydrogen) atoms. The molecule has 2 aromatic rings. The molecule has 0 saturated carbocycles. The molecule has 2 atom stereocenters. The van der Waals surface area contributed by atoms with Crippen LogP contribution < -0.4 is 9.61 Å². The SMILES string of the molecule is CCOC(=O)Cn1c2c(sc1=O)C1c3ccccc3OC(=O)C1CS2. The van der Waals surface area contributed by atoms with E-state index in [1.54, 1.807) is 13.0 Å². The molecule has 2 unspecified atom stereocenters. The second kappa shape index (κ2) is 6.34. The number of benzene rings is 1. The molecule has 1 aromatic carbocycles. The summed E-state index contributed by atoms with van der Waals surface area (Å²) in [6.07, 6.45) is 0. The topological polar surface area (TPSA) is 74.6 Å². The normalized spacial score (nSPS) is 20.9. The van der Waals surface area contributed by atoms with Gasteiger partial charge in [0.25, 0.3) is 0 Å². The number of para-hydroxylation sites is 1. The molecule has 0 bridgehead atoms. The van der Waals surface area contributed by atoms with Crippen LogP contribution in [-0.4, -0.2) is 28.9 Å². The molecule has 0 spiro atoms. The van der Waals surface area contributed by atoms with E-state index in [0.29, 0.717) is 11.5 Å². The van der Waals surface area contributed by atoms with Gasteiger partial charge < -0.3 is 9.47 Å². The first kappa shape index (κ1) is 16.4. The second-order valence-corrected chi connectivity index (χ2v) is 7.78. The van der Waals surface area contributed by atoms with Gasteiger partial charge in [-0.25, -0.2) is 0 Å². The zero-order chi connectivity index (χ0) is 17.6. The average molecular weight is 377 g/mol. The zero-order valence-corrected chi connectivity index (χ0v) is 15.0. The standard InChI is InChI=1S/C17H15NO5S2/c1-2-22-12(19)7-18-15-14(25-17(18)21)13-9-5-3-4-6-11(9)23-16(20)10(13)8-24-15/h3-6,10,13H,2,7-8H2,1H3. The van der Waals surface area contributed by atoms with E-state index in [1.807, 2.05) is 18.2 Å². The van der Waals surface area contributed by atoms with Gasteiger partial charge in [-0.1, -0.05) is 29.5 Å². The number of rotatable bonds is 3. The number of ether oxygens (including phenoxy) is 2. The smallest absolute Gasteiger partial charge is 0.326 e. The molecule has 1 aromatic heterocycles. The Hall–Kier alpha value is -2.06. The van der Waals surface area contributed by atoms with E-state index in [1.165, 1.54) is 16.3 Å². The summed E-state index contributed by atoms with van der Waals surface area (Å²) < 4.78 is 11.9. The summed E-state index contributed by atoms with van der Waals surface area (Å²) in [7, 11) is 0. The Morgan fingerprint density at radius 1 is 1.36 bits per heavy atom. The van der Waals surface area contributed by atoms with Gasteiger partial charge in [0.15, 0.2) is 0 Å². The highest BCUT2D eigenvalue weighted by atomic mass is 32.2. The third-order valence-electron chi connectivity index (χ3n) is 4.32. The lowest BCUT2D eigenvalue weighted by atomic mass is 9.83. The number of aromatic nitrogens is 1. The lowest BCUT2D eigenvalue weighted by molar-refractivity contribution is -0.144. The average Bonchev–Trinajstić information content (AvgIpc) is 2.91. The molecule has 0 aliphatic carbocycles. The van der Waals surface area contributed by atoms with Gasteiger partial charge >= 0.3 is 16.8 Å². The van der Waals surface area contributed by atoms with E-state index in [-0.39, 0.29) is 35.8 Å². The summed E-state index contributed by atoms with van der Waals surface area (Å²) in [6, 6.07) is 7.41. The van der Waals surface area contributed by atoms with Crippen LogP contribution in [0.25, 0.3) is 0 Å². The van der Waals surface area contributed by atoms with Crippen molar-refractivity contribution in [2.75, 3.05) is 12.4 Å². The van der Waals surface area contributed by atoms with Crippen molar-refractivity contribution in [1.29, 1.82) is 0 Å². The molecule has 0 radical (unpaired) electrons. The van der Waals surface area contributed by atoms with E-state index >= 15 is 0 Å². The summed E-state index contributed by atoms with van der Waals surface area (Å²) in [6.45, 7) is 1.90. The number of thioether (sulfide) groups is 1. The largest absolute Gasteiger partial charge is 0.465 e. The van der Waals surface area contributed by atoms with Crippen molar-refractivity contribution >= 4 is 35.0 Å². The van der Waals surface area contributed by atoms with Gasteiger partial charge in [-0.05, 0) is 13.0 Å². The van der Waals surface area contributed by atoms with Crippen LogP contribution in [0.4, 0.5) is 0 Å². The number of hydrogen-bond donors (Lipinski definition) is 0. The molecular formula is C17H15NO5S2. The molecule has 130 valence electrons. The van der Waals surface area contributed by atoms with Crippen molar-refractivity contribution in [2.24, 2.45) is 5.92 Å². The van der Waals surface area contributed by atoms with E-state index < -0.39 is 5.97 Å². The summed E-state index contributed by atoms with van der Waals surface area (Å²) in [5, 5.41) is 0.758. The molecule has 6 nitrogen and oxygen atoms in total. The first-order valence-electron chi connectivity index (χ1n) is 7.92. The number of hydrogen-bond acceptors (Lipinski definition) is 7. The number of fused-ring (bicyclic) bond motifs is 5. The first-order chi connectivity index (χ1) is 12.1. The van der Waals surface area contributed by atoms with Crippen LogP contribution in [0.1, 0.15) is 23.3 Å². The Labute approximate surface area is 151 Å². The third-order valence-corrected chi connectivity index (χ3v) is 6.75. The quantitative estimate of drug-likeness (QED) is 0.603. The Bertz CT molecular complexity index is 916. The van der Waals surface area contributed by atoms with Crippen molar-refractivity contribution < 1.29 is 19.1 Å². The minimum absolute atomic E-state index is 0.102. The molecule has 0 saturated heterocycles. The third kappa shape index (κ3) is 2.69. The van der Waals surface area contributed by atoms with E-state index in [4.69, 9.17) is 9.47 Å². The van der Waals surface area contributed by atoms with Gasteiger partial charge in [0.2, 0.25) is 0 Å². The van der Waals surface area contributed by atoms with Crippen LogP contribution in [0.5, 0.6) is 5.75 Å². The molecule has 4 rings (SSSR count). The lowest BCUT2D eigenvalue weighted by Crippen LogP contribution is -2.36. The van der Waals surface area contributed by atoms with Crippen LogP contribution in [-0.2, 0) is 20.9 Å². The van der Waals surface area contributed by atoms with Gasteiger partial charge in [-0.2, -0.15) is 0 Å². The lowest BCUT2D eigenvalue weighted by Gasteiger charge is -2.34. The fourth-order valence-electron chi connectivity index (χ4n) is 3.25.